The Morgan fingerprint density at radius 3 is 2.41 bits per heavy atom. The fourth-order valence-electron chi connectivity index (χ4n) is 4.97. The van der Waals surface area contributed by atoms with Gasteiger partial charge in [0.1, 0.15) is 6.10 Å². The van der Waals surface area contributed by atoms with Gasteiger partial charge in [-0.25, -0.2) is 4.79 Å². The Morgan fingerprint density at radius 2 is 1.90 bits per heavy atom. The van der Waals surface area contributed by atoms with Gasteiger partial charge in [0.15, 0.2) is 6.04 Å². The Hall–Kier alpha value is -2.41. The Morgan fingerprint density at radius 1 is 1.24 bits per heavy atom. The van der Waals surface area contributed by atoms with Crippen molar-refractivity contribution in [1.29, 1.82) is 0 Å². The van der Waals surface area contributed by atoms with E-state index in [-0.39, 0.29) is 16.9 Å². The number of esters is 1. The maximum atomic E-state index is 13.1. The number of rotatable bonds is 7. The van der Waals surface area contributed by atoms with Gasteiger partial charge in [0, 0.05) is 5.41 Å². The number of benzene rings is 1. The Balaban J connectivity index is 1.77. The molecule has 3 rings (SSSR count). The molecule has 4 N–H and O–H groups in total. The Labute approximate surface area is 171 Å². The molecule has 1 aromatic carbocycles. The maximum absolute atomic E-state index is 13.1. The van der Waals surface area contributed by atoms with Crippen molar-refractivity contribution in [2.75, 3.05) is 0 Å². The van der Waals surface area contributed by atoms with E-state index >= 15 is 0 Å². The van der Waals surface area contributed by atoms with Gasteiger partial charge in [-0.15, -0.1) is 0 Å². The highest BCUT2D eigenvalue weighted by atomic mass is 16.5. The number of nitrogens with one attached hydrogen (secondary N) is 1. The van der Waals surface area contributed by atoms with Crippen molar-refractivity contribution in [2.45, 2.75) is 64.6 Å². The fraction of sp³-hybridized carbons (Fsp3) is 0.591. The lowest BCUT2D eigenvalue weighted by molar-refractivity contribution is -0.160. The third-order valence-corrected chi connectivity index (χ3v) is 7.36. The minimum Gasteiger partial charge on any atom is -0.481 e. The van der Waals surface area contributed by atoms with E-state index in [0.29, 0.717) is 11.5 Å². The van der Waals surface area contributed by atoms with E-state index in [1.165, 1.54) is 0 Å². The molecule has 2 bridgehead atoms. The number of carbonyl (C=O) groups is 3. The largest absolute Gasteiger partial charge is 0.481 e. The van der Waals surface area contributed by atoms with Crippen molar-refractivity contribution in [2.24, 2.45) is 22.5 Å². The average molecular weight is 402 g/mol. The highest BCUT2D eigenvalue weighted by Crippen LogP contribution is 2.66. The van der Waals surface area contributed by atoms with Crippen LogP contribution in [0.5, 0.6) is 0 Å². The summed E-state index contributed by atoms with van der Waals surface area (Å²) in [5.74, 6) is -1.90. The fourth-order valence-corrected chi connectivity index (χ4v) is 4.97. The molecule has 7 heteroatoms. The van der Waals surface area contributed by atoms with Crippen LogP contribution < -0.4 is 11.1 Å². The van der Waals surface area contributed by atoms with Crippen LogP contribution in [0.15, 0.2) is 30.3 Å². The van der Waals surface area contributed by atoms with Crippen LogP contribution in [0, 0.1) is 16.7 Å². The van der Waals surface area contributed by atoms with Crippen molar-refractivity contribution in [3.05, 3.63) is 35.9 Å². The molecule has 158 valence electrons. The zero-order valence-corrected chi connectivity index (χ0v) is 17.2. The van der Waals surface area contributed by atoms with Crippen LogP contribution in [-0.4, -0.2) is 35.1 Å². The molecular formula is C22H30N2O5. The number of carboxylic acid groups (broad SMARTS) is 1. The van der Waals surface area contributed by atoms with E-state index in [0.717, 1.165) is 19.3 Å². The normalized spacial score (nSPS) is 29.1. The van der Waals surface area contributed by atoms with Crippen molar-refractivity contribution >= 4 is 17.8 Å². The minimum absolute atomic E-state index is 0.0906. The molecule has 0 aromatic heterocycles. The van der Waals surface area contributed by atoms with Crippen molar-refractivity contribution in [3.63, 3.8) is 0 Å². The number of amides is 1. The molecule has 2 aliphatic carbocycles. The first-order chi connectivity index (χ1) is 13.6. The molecule has 7 nitrogen and oxygen atoms in total. The predicted molar refractivity (Wildman–Crippen MR) is 107 cm³/mol. The standard InChI is InChI=1S/C22H30N2O5/c1-21(2)14-9-10-22(21,3)16(11-14)29-20(28)18(13-7-5-4-6-8-13)24-19(27)15(23)12-17(25)26/h4-8,14-16,18H,9-12,23H2,1-3H3,(H,24,27)(H,25,26)/t14?,15-,16+,18+,22+/m0/s1. The van der Waals surface area contributed by atoms with Gasteiger partial charge < -0.3 is 20.9 Å². The molecule has 2 fully saturated rings. The second-order valence-corrected chi connectivity index (χ2v) is 9.09. The minimum atomic E-state index is -1.24. The lowest BCUT2D eigenvalue weighted by atomic mass is 9.70. The van der Waals surface area contributed by atoms with Crippen LogP contribution in [0.3, 0.4) is 0 Å². The number of hydrogen-bond acceptors (Lipinski definition) is 5. The van der Waals surface area contributed by atoms with E-state index in [4.69, 9.17) is 15.6 Å². The van der Waals surface area contributed by atoms with Crippen LogP contribution in [0.25, 0.3) is 0 Å². The molecule has 1 aromatic rings. The molecule has 0 heterocycles. The summed E-state index contributed by atoms with van der Waals surface area (Å²) in [6.07, 6.45) is 2.25. The van der Waals surface area contributed by atoms with Gasteiger partial charge in [-0.3, -0.25) is 9.59 Å². The summed E-state index contributed by atoms with van der Waals surface area (Å²) >= 11 is 0. The zero-order valence-electron chi connectivity index (χ0n) is 17.2. The number of carbonyl (C=O) groups excluding carboxylic acids is 2. The monoisotopic (exact) mass is 402 g/mol. The Bertz CT molecular complexity index is 794. The lowest BCUT2D eigenvalue weighted by Gasteiger charge is -2.38. The molecule has 5 atom stereocenters. The summed E-state index contributed by atoms with van der Waals surface area (Å²) in [7, 11) is 0. The Kier molecular flexibility index (Phi) is 5.72. The van der Waals surface area contributed by atoms with Crippen LogP contribution in [-0.2, 0) is 19.1 Å². The van der Waals surface area contributed by atoms with Gasteiger partial charge in [0.25, 0.3) is 0 Å². The van der Waals surface area contributed by atoms with Crippen LogP contribution in [0.4, 0.5) is 0 Å². The third-order valence-electron chi connectivity index (χ3n) is 7.36. The van der Waals surface area contributed by atoms with Gasteiger partial charge in [-0.1, -0.05) is 51.1 Å². The number of fused-ring (bicyclic) bond motifs is 2. The molecule has 2 aliphatic rings. The summed E-state index contributed by atoms with van der Waals surface area (Å²) < 4.78 is 5.95. The van der Waals surface area contributed by atoms with E-state index in [9.17, 15) is 14.4 Å². The van der Waals surface area contributed by atoms with Crippen molar-refractivity contribution < 1.29 is 24.2 Å². The summed E-state index contributed by atoms with van der Waals surface area (Å²) in [5.41, 5.74) is 6.23. The summed E-state index contributed by atoms with van der Waals surface area (Å²) in [6, 6.07) is 6.51. The maximum Gasteiger partial charge on any atom is 0.333 e. The van der Waals surface area contributed by atoms with E-state index in [1.54, 1.807) is 24.3 Å². The van der Waals surface area contributed by atoms with Gasteiger partial charge >= 0.3 is 11.9 Å². The van der Waals surface area contributed by atoms with E-state index in [2.05, 4.69) is 26.1 Å². The van der Waals surface area contributed by atoms with E-state index in [1.807, 2.05) is 6.07 Å². The molecular weight excluding hydrogens is 372 g/mol. The summed E-state index contributed by atoms with van der Waals surface area (Å²) in [4.78, 5) is 36.4. The lowest BCUT2D eigenvalue weighted by Crippen LogP contribution is -2.47. The topological polar surface area (TPSA) is 119 Å². The molecule has 2 saturated carbocycles. The molecule has 1 amide bonds. The first-order valence-electron chi connectivity index (χ1n) is 10.1. The number of carboxylic acids is 1. The van der Waals surface area contributed by atoms with Crippen molar-refractivity contribution in [3.8, 4) is 0 Å². The van der Waals surface area contributed by atoms with Gasteiger partial charge in [-0.2, -0.15) is 0 Å². The molecule has 1 unspecified atom stereocenters. The predicted octanol–water partition coefficient (Wildman–Crippen LogP) is 2.40. The first kappa shape index (κ1) is 21.3. The third kappa shape index (κ3) is 3.88. The first-order valence-corrected chi connectivity index (χ1v) is 10.1. The second kappa shape index (κ2) is 7.78. The van der Waals surface area contributed by atoms with Gasteiger partial charge in [-0.05, 0) is 36.2 Å². The van der Waals surface area contributed by atoms with Crippen molar-refractivity contribution in [1.82, 2.24) is 5.32 Å². The zero-order chi connectivity index (χ0) is 21.4. The van der Waals surface area contributed by atoms with Gasteiger partial charge in [0.2, 0.25) is 5.91 Å². The molecule has 0 aliphatic heterocycles. The molecule has 0 spiro atoms. The number of aliphatic carboxylic acids is 1. The van der Waals surface area contributed by atoms with Crippen LogP contribution in [0.2, 0.25) is 0 Å². The highest BCUT2D eigenvalue weighted by Gasteiger charge is 2.63. The average Bonchev–Trinajstić information content (AvgIpc) is 2.99. The smallest absolute Gasteiger partial charge is 0.333 e. The second-order valence-electron chi connectivity index (χ2n) is 9.09. The van der Waals surface area contributed by atoms with Crippen LogP contribution >= 0.6 is 0 Å². The number of nitrogens with two attached hydrogens (primary N) is 1. The van der Waals surface area contributed by atoms with Gasteiger partial charge in [0.05, 0.1) is 12.5 Å². The number of ether oxygens (including phenoxy) is 1. The molecule has 0 radical (unpaired) electrons. The molecule has 0 saturated heterocycles. The highest BCUT2D eigenvalue weighted by molar-refractivity contribution is 5.90. The summed E-state index contributed by atoms with van der Waals surface area (Å²) in [5, 5.41) is 11.5. The quantitative estimate of drug-likeness (QED) is 0.603. The summed E-state index contributed by atoms with van der Waals surface area (Å²) in [6.45, 7) is 6.65. The SMILES string of the molecule is CC1(C)C2CC[C@]1(C)[C@H](OC(=O)[C@H](NC(=O)[C@@H](N)CC(=O)O)c1ccccc1)C2. The number of hydrogen-bond donors (Lipinski definition) is 3. The van der Waals surface area contributed by atoms with E-state index < -0.39 is 36.4 Å². The molecule has 29 heavy (non-hydrogen) atoms. The van der Waals surface area contributed by atoms with Crippen LogP contribution in [0.1, 0.15) is 58.1 Å².